The van der Waals surface area contributed by atoms with Gasteiger partial charge < -0.3 is 14.8 Å². The molecule has 4 nitrogen and oxygen atoms in total. The van der Waals surface area contributed by atoms with Crippen molar-refractivity contribution < 1.29 is 14.3 Å². The van der Waals surface area contributed by atoms with Crippen molar-refractivity contribution in [1.29, 1.82) is 0 Å². The number of halogens is 1. The highest BCUT2D eigenvalue weighted by Gasteiger charge is 2.19. The standard InChI is InChI=1S/C25H26BrNO3/c1-25(2,3)19-9-5-8-12-23(19)30-16-18-15-17(13-14-22(18)29-4)24(28)27-21-11-7-6-10-20(21)26/h5-15H,16H2,1-4H3,(H,27,28). The van der Waals surface area contributed by atoms with Gasteiger partial charge >= 0.3 is 0 Å². The molecular weight excluding hydrogens is 442 g/mol. The van der Waals surface area contributed by atoms with E-state index in [1.807, 2.05) is 48.5 Å². The quantitative estimate of drug-likeness (QED) is 0.444. The predicted molar refractivity (Wildman–Crippen MR) is 125 cm³/mol. The lowest BCUT2D eigenvalue weighted by molar-refractivity contribution is 0.102. The zero-order valence-electron chi connectivity index (χ0n) is 17.7. The molecule has 0 saturated carbocycles. The van der Waals surface area contributed by atoms with Crippen LogP contribution in [0, 0.1) is 0 Å². The first-order valence-electron chi connectivity index (χ1n) is 9.74. The topological polar surface area (TPSA) is 47.6 Å². The van der Waals surface area contributed by atoms with Gasteiger partial charge in [0.05, 0.1) is 12.8 Å². The van der Waals surface area contributed by atoms with Crippen LogP contribution in [0.2, 0.25) is 0 Å². The molecule has 0 unspecified atom stereocenters. The van der Waals surface area contributed by atoms with Crippen molar-refractivity contribution in [3.05, 3.63) is 87.9 Å². The first-order chi connectivity index (χ1) is 14.3. The van der Waals surface area contributed by atoms with Crippen LogP contribution >= 0.6 is 15.9 Å². The summed E-state index contributed by atoms with van der Waals surface area (Å²) in [5.41, 5.74) is 3.16. The van der Waals surface area contributed by atoms with E-state index in [0.717, 1.165) is 27.0 Å². The molecule has 156 valence electrons. The SMILES string of the molecule is COc1ccc(C(=O)Nc2ccccc2Br)cc1COc1ccccc1C(C)(C)C. The normalized spacial score (nSPS) is 11.1. The lowest BCUT2D eigenvalue weighted by atomic mass is 9.86. The molecule has 0 saturated heterocycles. The average molecular weight is 468 g/mol. The van der Waals surface area contributed by atoms with Crippen LogP contribution in [0.5, 0.6) is 11.5 Å². The molecule has 0 fully saturated rings. The van der Waals surface area contributed by atoms with Gasteiger partial charge in [-0.15, -0.1) is 0 Å². The van der Waals surface area contributed by atoms with E-state index in [-0.39, 0.29) is 11.3 Å². The van der Waals surface area contributed by atoms with E-state index >= 15 is 0 Å². The van der Waals surface area contributed by atoms with Gasteiger partial charge in [0.1, 0.15) is 18.1 Å². The van der Waals surface area contributed by atoms with Crippen molar-refractivity contribution >= 4 is 27.5 Å². The molecule has 0 heterocycles. The average Bonchev–Trinajstić information content (AvgIpc) is 2.73. The fourth-order valence-electron chi connectivity index (χ4n) is 3.16. The molecule has 0 bridgehead atoms. The molecule has 0 aliphatic rings. The van der Waals surface area contributed by atoms with Gasteiger partial charge in [0.25, 0.3) is 5.91 Å². The number of benzene rings is 3. The molecule has 0 aliphatic heterocycles. The van der Waals surface area contributed by atoms with Crippen LogP contribution in [0.25, 0.3) is 0 Å². The molecular formula is C25H26BrNO3. The Morgan fingerprint density at radius 1 is 0.967 bits per heavy atom. The Morgan fingerprint density at radius 2 is 1.67 bits per heavy atom. The number of carbonyl (C=O) groups is 1. The number of hydrogen-bond donors (Lipinski definition) is 1. The van der Waals surface area contributed by atoms with E-state index in [9.17, 15) is 4.79 Å². The fraction of sp³-hybridized carbons (Fsp3) is 0.240. The van der Waals surface area contributed by atoms with Gasteiger partial charge in [-0.05, 0) is 63.3 Å². The summed E-state index contributed by atoms with van der Waals surface area (Å²) >= 11 is 3.45. The van der Waals surface area contributed by atoms with E-state index in [4.69, 9.17) is 9.47 Å². The number of amides is 1. The lowest BCUT2D eigenvalue weighted by Crippen LogP contribution is -2.14. The zero-order valence-corrected chi connectivity index (χ0v) is 19.2. The Morgan fingerprint density at radius 3 is 2.37 bits per heavy atom. The third-order valence-electron chi connectivity index (χ3n) is 4.74. The highest BCUT2D eigenvalue weighted by atomic mass is 79.9. The summed E-state index contributed by atoms with van der Waals surface area (Å²) in [4.78, 5) is 12.8. The maximum absolute atomic E-state index is 12.8. The number of hydrogen-bond acceptors (Lipinski definition) is 3. The Kier molecular flexibility index (Phi) is 6.83. The van der Waals surface area contributed by atoms with E-state index in [2.05, 4.69) is 48.1 Å². The molecule has 0 radical (unpaired) electrons. The summed E-state index contributed by atoms with van der Waals surface area (Å²) in [5, 5.41) is 2.93. The summed E-state index contributed by atoms with van der Waals surface area (Å²) in [6, 6.07) is 20.9. The van der Waals surface area contributed by atoms with Gasteiger partial charge in [0.2, 0.25) is 0 Å². The minimum atomic E-state index is -0.194. The third kappa shape index (κ3) is 5.22. The van der Waals surface area contributed by atoms with Crippen LogP contribution in [0.15, 0.2) is 71.2 Å². The number of methoxy groups -OCH3 is 1. The molecule has 30 heavy (non-hydrogen) atoms. The van der Waals surface area contributed by atoms with E-state index < -0.39 is 0 Å². The summed E-state index contributed by atoms with van der Waals surface area (Å²) in [6.07, 6.45) is 0. The Hall–Kier alpha value is -2.79. The maximum atomic E-state index is 12.8. The van der Waals surface area contributed by atoms with E-state index in [1.54, 1.807) is 19.2 Å². The van der Waals surface area contributed by atoms with Gasteiger partial charge in [0, 0.05) is 15.6 Å². The highest BCUT2D eigenvalue weighted by Crippen LogP contribution is 2.32. The predicted octanol–water partition coefficient (Wildman–Crippen LogP) is 6.59. The van der Waals surface area contributed by atoms with Gasteiger partial charge in [-0.3, -0.25) is 4.79 Å². The largest absolute Gasteiger partial charge is 0.496 e. The van der Waals surface area contributed by atoms with Crippen molar-refractivity contribution in [3.8, 4) is 11.5 Å². The van der Waals surface area contributed by atoms with Crippen LogP contribution in [-0.2, 0) is 12.0 Å². The second-order valence-corrected chi connectivity index (χ2v) is 8.85. The Labute approximate surface area is 186 Å². The van der Waals surface area contributed by atoms with Crippen LogP contribution in [0.3, 0.4) is 0 Å². The minimum absolute atomic E-state index is 0.0362. The second-order valence-electron chi connectivity index (χ2n) is 8.00. The van der Waals surface area contributed by atoms with Crippen LogP contribution in [0.4, 0.5) is 5.69 Å². The first-order valence-corrected chi connectivity index (χ1v) is 10.5. The maximum Gasteiger partial charge on any atom is 0.255 e. The smallest absolute Gasteiger partial charge is 0.255 e. The van der Waals surface area contributed by atoms with Gasteiger partial charge in [0.15, 0.2) is 0 Å². The summed E-state index contributed by atoms with van der Waals surface area (Å²) < 4.78 is 12.5. The van der Waals surface area contributed by atoms with E-state index in [1.165, 1.54) is 0 Å². The van der Waals surface area contributed by atoms with Gasteiger partial charge in [-0.2, -0.15) is 0 Å². The molecule has 5 heteroatoms. The van der Waals surface area contributed by atoms with E-state index in [0.29, 0.717) is 17.9 Å². The Balaban J connectivity index is 1.82. The first kappa shape index (κ1) is 21.9. The Bertz CT molecular complexity index is 1040. The number of carbonyl (C=O) groups excluding carboxylic acids is 1. The molecule has 0 aliphatic carbocycles. The lowest BCUT2D eigenvalue weighted by Gasteiger charge is -2.23. The number of ether oxygens (including phenoxy) is 2. The summed E-state index contributed by atoms with van der Waals surface area (Å²) in [7, 11) is 1.61. The summed E-state index contributed by atoms with van der Waals surface area (Å²) in [6.45, 7) is 6.76. The molecule has 3 rings (SSSR count). The molecule has 0 spiro atoms. The van der Waals surface area contributed by atoms with Crippen molar-refractivity contribution in [1.82, 2.24) is 0 Å². The molecule has 3 aromatic rings. The molecule has 0 atom stereocenters. The van der Waals surface area contributed by atoms with Crippen LogP contribution in [-0.4, -0.2) is 13.0 Å². The minimum Gasteiger partial charge on any atom is -0.496 e. The second kappa shape index (κ2) is 9.35. The van der Waals surface area contributed by atoms with Crippen molar-refractivity contribution in [2.45, 2.75) is 32.8 Å². The van der Waals surface area contributed by atoms with Crippen molar-refractivity contribution in [2.75, 3.05) is 12.4 Å². The highest BCUT2D eigenvalue weighted by molar-refractivity contribution is 9.10. The third-order valence-corrected chi connectivity index (χ3v) is 5.43. The van der Waals surface area contributed by atoms with Crippen molar-refractivity contribution in [2.24, 2.45) is 0 Å². The number of anilines is 1. The molecule has 0 aromatic heterocycles. The summed E-state index contributed by atoms with van der Waals surface area (Å²) in [5.74, 6) is 1.32. The zero-order chi connectivity index (χ0) is 21.7. The molecule has 1 N–H and O–H groups in total. The van der Waals surface area contributed by atoms with Crippen molar-refractivity contribution in [3.63, 3.8) is 0 Å². The molecule has 1 amide bonds. The van der Waals surface area contributed by atoms with Crippen LogP contribution in [0.1, 0.15) is 42.3 Å². The van der Waals surface area contributed by atoms with Gasteiger partial charge in [-0.1, -0.05) is 51.1 Å². The fourth-order valence-corrected chi connectivity index (χ4v) is 3.54. The number of rotatable bonds is 6. The number of para-hydroxylation sites is 2. The molecule has 3 aromatic carbocycles. The monoisotopic (exact) mass is 467 g/mol. The van der Waals surface area contributed by atoms with Gasteiger partial charge in [-0.25, -0.2) is 0 Å². The number of nitrogens with one attached hydrogen (secondary N) is 1. The van der Waals surface area contributed by atoms with Crippen LogP contribution < -0.4 is 14.8 Å².